The summed E-state index contributed by atoms with van der Waals surface area (Å²) in [5, 5.41) is 11.5. The Hall–Kier alpha value is -3.43. The van der Waals surface area contributed by atoms with Gasteiger partial charge < -0.3 is 4.74 Å². The van der Waals surface area contributed by atoms with E-state index in [9.17, 15) is 4.79 Å². The fourth-order valence-corrected chi connectivity index (χ4v) is 4.92. The lowest BCUT2D eigenvalue weighted by Crippen LogP contribution is -2.12. The van der Waals surface area contributed by atoms with Crippen LogP contribution in [-0.2, 0) is 5.75 Å². The molecule has 2 aromatic carbocycles. The summed E-state index contributed by atoms with van der Waals surface area (Å²) in [5.74, 6) is 1.98. The fraction of sp³-hybridized carbons (Fsp3) is 0.130. The summed E-state index contributed by atoms with van der Waals surface area (Å²) in [5.41, 5.74) is 3.67. The van der Waals surface area contributed by atoms with E-state index in [0.29, 0.717) is 16.4 Å². The van der Waals surface area contributed by atoms with Crippen LogP contribution < -0.4 is 10.3 Å². The Labute approximate surface area is 192 Å². The predicted molar refractivity (Wildman–Crippen MR) is 127 cm³/mol. The normalized spacial score (nSPS) is 11.2. The maximum absolute atomic E-state index is 12.3. The second-order valence-electron chi connectivity index (χ2n) is 7.14. The second-order valence-corrected chi connectivity index (χ2v) is 8.95. The van der Waals surface area contributed by atoms with Crippen LogP contribution in [0, 0.1) is 6.92 Å². The number of thioether (sulfide) groups is 1. The van der Waals surface area contributed by atoms with E-state index in [1.807, 2.05) is 34.2 Å². The van der Waals surface area contributed by atoms with Crippen molar-refractivity contribution in [2.24, 2.45) is 0 Å². The van der Waals surface area contributed by atoms with Crippen molar-refractivity contribution in [2.45, 2.75) is 17.8 Å². The molecule has 0 fully saturated rings. The number of hydrogen-bond donors (Lipinski definition) is 0. The van der Waals surface area contributed by atoms with E-state index in [1.54, 1.807) is 23.8 Å². The molecule has 0 aliphatic carbocycles. The van der Waals surface area contributed by atoms with Gasteiger partial charge in [0.2, 0.25) is 0 Å². The first-order chi connectivity index (χ1) is 15.6. The summed E-state index contributed by atoms with van der Waals surface area (Å²) in [4.78, 5) is 17.6. The highest BCUT2D eigenvalue weighted by atomic mass is 32.2. The zero-order valence-electron chi connectivity index (χ0n) is 17.4. The van der Waals surface area contributed by atoms with Crippen molar-refractivity contribution in [1.29, 1.82) is 0 Å². The van der Waals surface area contributed by atoms with E-state index in [0.717, 1.165) is 28.0 Å². The number of hydrogen-bond acceptors (Lipinski definition) is 7. The molecule has 0 saturated carbocycles. The fourth-order valence-electron chi connectivity index (χ4n) is 3.34. The molecular weight excluding hydrogens is 442 g/mol. The van der Waals surface area contributed by atoms with Crippen molar-refractivity contribution in [3.05, 3.63) is 87.8 Å². The van der Waals surface area contributed by atoms with Gasteiger partial charge in [-0.15, -0.1) is 21.5 Å². The highest BCUT2D eigenvalue weighted by Gasteiger charge is 2.17. The first kappa shape index (κ1) is 20.5. The third kappa shape index (κ3) is 3.92. The Morgan fingerprint density at radius 3 is 2.75 bits per heavy atom. The standard InChI is InChI=1S/C23H19N5O2S2/c1-15-6-8-18(9-7-15)28-21(16-4-3-5-19(12-16)30-2)25-26-23(28)32-14-17-13-20(29)27-10-11-31-22(27)24-17/h3-13H,14H2,1-2H3. The summed E-state index contributed by atoms with van der Waals surface area (Å²) in [6, 6.07) is 17.6. The maximum atomic E-state index is 12.3. The summed E-state index contributed by atoms with van der Waals surface area (Å²) < 4.78 is 8.96. The van der Waals surface area contributed by atoms with Crippen LogP contribution in [0.3, 0.4) is 0 Å². The lowest BCUT2D eigenvalue weighted by molar-refractivity contribution is 0.415. The largest absolute Gasteiger partial charge is 0.497 e. The van der Waals surface area contributed by atoms with Crippen LogP contribution in [0.15, 0.2) is 76.1 Å². The quantitative estimate of drug-likeness (QED) is 0.344. The molecule has 3 heterocycles. The van der Waals surface area contributed by atoms with Gasteiger partial charge in [-0.2, -0.15) is 0 Å². The molecule has 7 nitrogen and oxygen atoms in total. The van der Waals surface area contributed by atoms with Gasteiger partial charge in [0.25, 0.3) is 5.56 Å². The monoisotopic (exact) mass is 461 g/mol. The molecule has 5 rings (SSSR count). The van der Waals surface area contributed by atoms with E-state index in [2.05, 4.69) is 46.4 Å². The Balaban J connectivity index is 1.54. The van der Waals surface area contributed by atoms with Crippen LogP contribution >= 0.6 is 23.1 Å². The van der Waals surface area contributed by atoms with Gasteiger partial charge in [0.1, 0.15) is 5.75 Å². The number of rotatable bonds is 6. The topological polar surface area (TPSA) is 74.3 Å². The van der Waals surface area contributed by atoms with Gasteiger partial charge in [0, 0.05) is 34.6 Å². The molecule has 0 atom stereocenters. The highest BCUT2D eigenvalue weighted by molar-refractivity contribution is 7.98. The zero-order valence-corrected chi connectivity index (χ0v) is 19.1. The van der Waals surface area contributed by atoms with Crippen molar-refractivity contribution in [2.75, 3.05) is 7.11 Å². The number of nitrogens with zero attached hydrogens (tertiary/aromatic N) is 5. The van der Waals surface area contributed by atoms with Crippen LogP contribution in [0.4, 0.5) is 0 Å². The van der Waals surface area contributed by atoms with Crippen molar-refractivity contribution in [1.82, 2.24) is 24.1 Å². The molecule has 0 radical (unpaired) electrons. The zero-order chi connectivity index (χ0) is 22.1. The lowest BCUT2D eigenvalue weighted by Gasteiger charge is -2.11. The molecular formula is C23H19N5O2S2. The first-order valence-corrected chi connectivity index (χ1v) is 11.7. The summed E-state index contributed by atoms with van der Waals surface area (Å²) in [7, 11) is 1.64. The minimum absolute atomic E-state index is 0.0797. The van der Waals surface area contributed by atoms with Crippen molar-refractivity contribution in [3.63, 3.8) is 0 Å². The van der Waals surface area contributed by atoms with Gasteiger partial charge in [-0.3, -0.25) is 13.8 Å². The SMILES string of the molecule is COc1cccc(-c2nnc(SCc3cc(=O)n4ccsc4n3)n2-c2ccc(C)cc2)c1. The minimum Gasteiger partial charge on any atom is -0.497 e. The van der Waals surface area contributed by atoms with Gasteiger partial charge >= 0.3 is 0 Å². The number of aryl methyl sites for hydroxylation is 1. The van der Waals surface area contributed by atoms with Crippen molar-refractivity contribution < 1.29 is 4.74 Å². The Morgan fingerprint density at radius 1 is 1.09 bits per heavy atom. The first-order valence-electron chi connectivity index (χ1n) is 9.88. The molecule has 9 heteroatoms. The molecule has 0 unspecified atom stereocenters. The van der Waals surface area contributed by atoms with Gasteiger partial charge in [0.15, 0.2) is 15.9 Å². The van der Waals surface area contributed by atoms with Gasteiger partial charge in [0.05, 0.1) is 12.8 Å². The highest BCUT2D eigenvalue weighted by Crippen LogP contribution is 2.31. The molecule has 0 bridgehead atoms. The molecule has 0 aliphatic heterocycles. The molecule has 0 aliphatic rings. The Kier molecular flexibility index (Phi) is 5.50. The molecule has 0 spiro atoms. The summed E-state index contributed by atoms with van der Waals surface area (Å²) in [6.07, 6.45) is 1.74. The Bertz CT molecular complexity index is 1450. The Morgan fingerprint density at radius 2 is 1.94 bits per heavy atom. The molecule has 32 heavy (non-hydrogen) atoms. The molecule has 0 amide bonds. The third-order valence-electron chi connectivity index (χ3n) is 4.96. The predicted octanol–water partition coefficient (Wildman–Crippen LogP) is 4.61. The molecule has 0 N–H and O–H groups in total. The third-order valence-corrected chi connectivity index (χ3v) is 6.68. The molecule has 0 saturated heterocycles. The maximum Gasteiger partial charge on any atom is 0.258 e. The molecule has 3 aromatic heterocycles. The number of fused-ring (bicyclic) bond motifs is 1. The van der Waals surface area contributed by atoms with Crippen LogP contribution in [-0.4, -0.2) is 31.3 Å². The van der Waals surface area contributed by atoms with Crippen LogP contribution in [0.5, 0.6) is 5.75 Å². The smallest absolute Gasteiger partial charge is 0.258 e. The van der Waals surface area contributed by atoms with Crippen molar-refractivity contribution in [3.8, 4) is 22.8 Å². The summed E-state index contributed by atoms with van der Waals surface area (Å²) in [6.45, 7) is 2.06. The summed E-state index contributed by atoms with van der Waals surface area (Å²) >= 11 is 2.94. The molecule has 5 aromatic rings. The van der Waals surface area contributed by atoms with E-state index >= 15 is 0 Å². The van der Waals surface area contributed by atoms with E-state index in [1.165, 1.54) is 28.7 Å². The van der Waals surface area contributed by atoms with E-state index in [-0.39, 0.29) is 5.56 Å². The van der Waals surface area contributed by atoms with Gasteiger partial charge in [-0.05, 0) is 31.2 Å². The second kappa shape index (κ2) is 8.60. The average Bonchev–Trinajstić information content (AvgIpc) is 3.46. The van der Waals surface area contributed by atoms with Crippen LogP contribution in [0.25, 0.3) is 22.0 Å². The minimum atomic E-state index is -0.0797. The van der Waals surface area contributed by atoms with Crippen molar-refractivity contribution >= 4 is 28.1 Å². The van der Waals surface area contributed by atoms with Crippen LogP contribution in [0.1, 0.15) is 11.3 Å². The molecule has 160 valence electrons. The van der Waals surface area contributed by atoms with E-state index < -0.39 is 0 Å². The number of aromatic nitrogens is 5. The lowest BCUT2D eigenvalue weighted by atomic mass is 10.2. The number of benzene rings is 2. The number of thiazole rings is 1. The average molecular weight is 462 g/mol. The van der Waals surface area contributed by atoms with Gasteiger partial charge in [-0.1, -0.05) is 41.6 Å². The number of methoxy groups -OCH3 is 1. The number of ether oxygens (including phenoxy) is 1. The van der Waals surface area contributed by atoms with Crippen LogP contribution in [0.2, 0.25) is 0 Å². The van der Waals surface area contributed by atoms with E-state index in [4.69, 9.17) is 4.74 Å². The van der Waals surface area contributed by atoms with Gasteiger partial charge in [-0.25, -0.2) is 4.98 Å².